The van der Waals surface area contributed by atoms with E-state index in [0.29, 0.717) is 18.6 Å². The van der Waals surface area contributed by atoms with E-state index in [1.807, 2.05) is 6.92 Å². The number of rotatable bonds is 4. The van der Waals surface area contributed by atoms with E-state index in [0.717, 1.165) is 19.4 Å². The van der Waals surface area contributed by atoms with Gasteiger partial charge in [-0.2, -0.15) is 0 Å². The minimum Gasteiger partial charge on any atom is -0.338 e. The lowest BCUT2D eigenvalue weighted by atomic mass is 9.91. The van der Waals surface area contributed by atoms with Crippen LogP contribution in [0.1, 0.15) is 39.5 Å². The molecule has 0 unspecified atom stereocenters. The van der Waals surface area contributed by atoms with Crippen LogP contribution in [0, 0.1) is 0 Å². The quantitative estimate of drug-likeness (QED) is 0.658. The molecule has 0 aromatic carbocycles. The molecule has 0 saturated heterocycles. The van der Waals surface area contributed by atoms with Gasteiger partial charge < -0.3 is 16.0 Å². The molecule has 0 aliphatic heterocycles. The fourth-order valence-electron chi connectivity index (χ4n) is 2.13. The molecule has 0 bridgehead atoms. The van der Waals surface area contributed by atoms with Crippen LogP contribution in [0.4, 0.5) is 4.79 Å². The highest BCUT2D eigenvalue weighted by Gasteiger charge is 2.21. The molecule has 2 amide bonds. The molecule has 1 rings (SSSR count). The third-order valence-corrected chi connectivity index (χ3v) is 2.89. The number of carbonyl (C=O) groups excluding carboxylic acids is 1. The summed E-state index contributed by atoms with van der Waals surface area (Å²) in [5.74, 6) is 0. The normalized spacial score (nSPS) is 26.0. The molecule has 0 aromatic rings. The zero-order chi connectivity index (χ0) is 11.1. The number of urea groups is 1. The number of hydrogen-bond acceptors (Lipinski definition) is 2. The van der Waals surface area contributed by atoms with Crippen LogP contribution in [0.15, 0.2) is 0 Å². The lowest BCUT2D eigenvalue weighted by Crippen LogP contribution is -2.45. The molecule has 88 valence electrons. The second-order valence-electron chi connectivity index (χ2n) is 4.11. The molecule has 0 radical (unpaired) electrons. The molecule has 15 heavy (non-hydrogen) atoms. The van der Waals surface area contributed by atoms with Gasteiger partial charge in [-0.05, 0) is 39.2 Å². The zero-order valence-electron chi connectivity index (χ0n) is 9.81. The van der Waals surface area contributed by atoms with Gasteiger partial charge in [0.05, 0.1) is 0 Å². The summed E-state index contributed by atoms with van der Waals surface area (Å²) in [7, 11) is 0. The Morgan fingerprint density at radius 1 is 1.07 bits per heavy atom. The standard InChI is InChI=1S/C11H23N3O/c1-3-12-9-5-7-10(8-6-9)14-11(15)13-4-2/h9-10,12H,3-8H2,1-2H3,(H2,13,14,15). The van der Waals surface area contributed by atoms with Crippen molar-refractivity contribution in [3.8, 4) is 0 Å². The molecule has 0 heterocycles. The van der Waals surface area contributed by atoms with Crippen molar-refractivity contribution in [2.75, 3.05) is 13.1 Å². The van der Waals surface area contributed by atoms with Crippen molar-refractivity contribution in [3.63, 3.8) is 0 Å². The van der Waals surface area contributed by atoms with E-state index in [-0.39, 0.29) is 6.03 Å². The van der Waals surface area contributed by atoms with E-state index in [2.05, 4.69) is 22.9 Å². The Balaban J connectivity index is 2.16. The fourth-order valence-corrected chi connectivity index (χ4v) is 2.13. The van der Waals surface area contributed by atoms with Crippen LogP contribution in [0.2, 0.25) is 0 Å². The molecule has 1 saturated carbocycles. The smallest absolute Gasteiger partial charge is 0.314 e. The third kappa shape index (κ3) is 4.51. The first-order valence-electron chi connectivity index (χ1n) is 6.04. The molecule has 0 aromatic heterocycles. The summed E-state index contributed by atoms with van der Waals surface area (Å²) < 4.78 is 0. The molecule has 1 aliphatic carbocycles. The highest BCUT2D eigenvalue weighted by atomic mass is 16.2. The van der Waals surface area contributed by atoms with Crippen molar-refractivity contribution in [1.82, 2.24) is 16.0 Å². The van der Waals surface area contributed by atoms with Crippen LogP contribution in [0.3, 0.4) is 0 Å². The van der Waals surface area contributed by atoms with Crippen molar-refractivity contribution in [1.29, 1.82) is 0 Å². The lowest BCUT2D eigenvalue weighted by molar-refractivity contribution is 0.230. The van der Waals surface area contributed by atoms with Gasteiger partial charge in [0.25, 0.3) is 0 Å². The predicted molar refractivity (Wildman–Crippen MR) is 61.9 cm³/mol. The summed E-state index contributed by atoms with van der Waals surface area (Å²) in [4.78, 5) is 11.3. The highest BCUT2D eigenvalue weighted by Crippen LogP contribution is 2.18. The third-order valence-electron chi connectivity index (χ3n) is 2.89. The van der Waals surface area contributed by atoms with E-state index in [9.17, 15) is 4.79 Å². The van der Waals surface area contributed by atoms with Gasteiger partial charge in [0.15, 0.2) is 0 Å². The summed E-state index contributed by atoms with van der Waals surface area (Å²) in [6.45, 7) is 5.80. The average Bonchev–Trinajstić information content (AvgIpc) is 2.22. The SMILES string of the molecule is CCNC(=O)NC1CCC(NCC)CC1. The summed E-state index contributed by atoms with van der Waals surface area (Å²) >= 11 is 0. The van der Waals surface area contributed by atoms with Crippen LogP contribution >= 0.6 is 0 Å². The summed E-state index contributed by atoms with van der Waals surface area (Å²) in [6.07, 6.45) is 4.53. The topological polar surface area (TPSA) is 53.2 Å². The molecule has 0 atom stereocenters. The van der Waals surface area contributed by atoms with Crippen molar-refractivity contribution in [2.45, 2.75) is 51.6 Å². The van der Waals surface area contributed by atoms with Crippen molar-refractivity contribution < 1.29 is 4.79 Å². The molecular formula is C11H23N3O. The van der Waals surface area contributed by atoms with E-state index in [1.54, 1.807) is 0 Å². The van der Waals surface area contributed by atoms with Crippen molar-refractivity contribution >= 4 is 6.03 Å². The van der Waals surface area contributed by atoms with Crippen LogP contribution in [0.25, 0.3) is 0 Å². The Bertz CT molecular complexity index is 188. The molecule has 4 nitrogen and oxygen atoms in total. The van der Waals surface area contributed by atoms with Crippen molar-refractivity contribution in [3.05, 3.63) is 0 Å². The summed E-state index contributed by atoms with van der Waals surface area (Å²) in [5, 5.41) is 9.22. The first-order chi connectivity index (χ1) is 7.26. The van der Waals surface area contributed by atoms with Gasteiger partial charge in [-0.3, -0.25) is 0 Å². The first kappa shape index (κ1) is 12.3. The number of amides is 2. The lowest BCUT2D eigenvalue weighted by Gasteiger charge is -2.29. The number of nitrogens with one attached hydrogen (secondary N) is 3. The van der Waals surface area contributed by atoms with Gasteiger partial charge in [-0.15, -0.1) is 0 Å². The van der Waals surface area contributed by atoms with Gasteiger partial charge in [-0.25, -0.2) is 4.79 Å². The zero-order valence-corrected chi connectivity index (χ0v) is 9.81. The Morgan fingerprint density at radius 2 is 1.67 bits per heavy atom. The second kappa shape index (κ2) is 6.67. The Morgan fingerprint density at radius 3 is 2.20 bits per heavy atom. The van der Waals surface area contributed by atoms with E-state index in [4.69, 9.17) is 0 Å². The Kier molecular flexibility index (Phi) is 5.47. The molecular weight excluding hydrogens is 190 g/mol. The van der Waals surface area contributed by atoms with Crippen LogP contribution in [0.5, 0.6) is 0 Å². The highest BCUT2D eigenvalue weighted by molar-refractivity contribution is 5.74. The van der Waals surface area contributed by atoms with Gasteiger partial charge >= 0.3 is 6.03 Å². The fraction of sp³-hybridized carbons (Fsp3) is 0.909. The molecule has 1 aliphatic rings. The van der Waals surface area contributed by atoms with Gasteiger partial charge in [0, 0.05) is 18.6 Å². The van der Waals surface area contributed by atoms with Crippen LogP contribution in [-0.4, -0.2) is 31.2 Å². The van der Waals surface area contributed by atoms with E-state index >= 15 is 0 Å². The monoisotopic (exact) mass is 213 g/mol. The van der Waals surface area contributed by atoms with E-state index in [1.165, 1.54) is 12.8 Å². The Hall–Kier alpha value is -0.770. The van der Waals surface area contributed by atoms with E-state index < -0.39 is 0 Å². The maximum atomic E-state index is 11.3. The molecule has 3 N–H and O–H groups in total. The number of carbonyl (C=O) groups is 1. The molecule has 1 fully saturated rings. The molecule has 4 heteroatoms. The minimum atomic E-state index is -0.0237. The van der Waals surface area contributed by atoms with Gasteiger partial charge in [0.1, 0.15) is 0 Å². The van der Waals surface area contributed by atoms with Crippen LogP contribution < -0.4 is 16.0 Å². The molecule has 0 spiro atoms. The average molecular weight is 213 g/mol. The Labute approximate surface area is 92.2 Å². The van der Waals surface area contributed by atoms with Crippen LogP contribution in [-0.2, 0) is 0 Å². The second-order valence-corrected chi connectivity index (χ2v) is 4.11. The number of hydrogen-bond donors (Lipinski definition) is 3. The van der Waals surface area contributed by atoms with Crippen molar-refractivity contribution in [2.24, 2.45) is 0 Å². The summed E-state index contributed by atoms with van der Waals surface area (Å²) in [5.41, 5.74) is 0. The first-order valence-corrected chi connectivity index (χ1v) is 6.04. The maximum Gasteiger partial charge on any atom is 0.314 e. The van der Waals surface area contributed by atoms with Gasteiger partial charge in [0.2, 0.25) is 0 Å². The van der Waals surface area contributed by atoms with Gasteiger partial charge in [-0.1, -0.05) is 6.92 Å². The maximum absolute atomic E-state index is 11.3. The largest absolute Gasteiger partial charge is 0.338 e. The predicted octanol–water partition coefficient (Wildman–Crippen LogP) is 1.23. The minimum absolute atomic E-state index is 0.0237. The summed E-state index contributed by atoms with van der Waals surface area (Å²) in [6, 6.07) is 0.998.